The molecule has 2 aromatic rings. The van der Waals surface area contributed by atoms with Gasteiger partial charge in [0.05, 0.1) is 12.7 Å². The van der Waals surface area contributed by atoms with Gasteiger partial charge >= 0.3 is 5.97 Å². The number of carbonyl (C=O) groups is 1. The fraction of sp³-hybridized carbons (Fsp3) is 0.0833. The molecular weight excluding hydrogens is 255 g/mol. The van der Waals surface area contributed by atoms with Crippen LogP contribution in [-0.4, -0.2) is 28.2 Å². The van der Waals surface area contributed by atoms with Gasteiger partial charge < -0.3 is 14.8 Å². The first-order valence-electron chi connectivity index (χ1n) is 5.20. The number of carboxylic acid groups (broad SMARTS) is 1. The molecule has 0 atom stereocenters. The Bertz CT molecular complexity index is 696. The van der Waals surface area contributed by atoms with E-state index in [9.17, 15) is 14.0 Å². The van der Waals surface area contributed by atoms with Crippen LogP contribution in [0.4, 0.5) is 4.39 Å². The van der Waals surface area contributed by atoms with Crippen molar-refractivity contribution in [2.75, 3.05) is 7.11 Å². The molecule has 0 aliphatic rings. The first-order chi connectivity index (χ1) is 9.01. The molecule has 98 valence electrons. The van der Waals surface area contributed by atoms with E-state index in [0.29, 0.717) is 0 Å². The van der Waals surface area contributed by atoms with Crippen molar-refractivity contribution in [1.29, 1.82) is 0 Å². The third kappa shape index (κ3) is 2.59. The monoisotopic (exact) mass is 264 g/mol. The number of nitrogens with one attached hydrogen (secondary N) is 1. The molecule has 19 heavy (non-hydrogen) atoms. The van der Waals surface area contributed by atoms with Crippen LogP contribution in [0.3, 0.4) is 0 Å². The average molecular weight is 264 g/mol. The molecular formula is C12H9FN2O4. The molecule has 7 heteroatoms. The molecule has 0 fully saturated rings. The minimum atomic E-state index is -1.34. The van der Waals surface area contributed by atoms with Crippen LogP contribution < -0.4 is 10.3 Å². The van der Waals surface area contributed by atoms with Gasteiger partial charge in [0.1, 0.15) is 17.4 Å². The lowest BCUT2D eigenvalue weighted by atomic mass is 10.1. The molecule has 0 saturated heterocycles. The zero-order chi connectivity index (χ0) is 14.0. The highest BCUT2D eigenvalue weighted by Crippen LogP contribution is 2.27. The van der Waals surface area contributed by atoms with Crippen LogP contribution in [0.15, 0.2) is 29.1 Å². The molecule has 0 spiro atoms. The molecule has 0 bridgehead atoms. The quantitative estimate of drug-likeness (QED) is 0.871. The predicted octanol–water partition coefficient (Wildman–Crippen LogP) is 1.28. The Balaban J connectivity index is 2.68. The van der Waals surface area contributed by atoms with E-state index in [2.05, 4.69) is 9.97 Å². The largest absolute Gasteiger partial charge is 0.496 e. The Kier molecular flexibility index (Phi) is 3.28. The number of hydrogen-bond acceptors (Lipinski definition) is 4. The fourth-order valence-electron chi connectivity index (χ4n) is 1.56. The summed E-state index contributed by atoms with van der Waals surface area (Å²) < 4.78 is 18.3. The van der Waals surface area contributed by atoms with Gasteiger partial charge in [0.2, 0.25) is 0 Å². The molecule has 0 saturated carbocycles. The topological polar surface area (TPSA) is 92.3 Å². The molecule has 1 aromatic carbocycles. The van der Waals surface area contributed by atoms with Gasteiger partial charge in [-0.25, -0.2) is 14.2 Å². The van der Waals surface area contributed by atoms with E-state index in [4.69, 9.17) is 9.84 Å². The second-order valence-corrected chi connectivity index (χ2v) is 3.63. The maximum Gasteiger partial charge on any atom is 0.354 e. The minimum absolute atomic E-state index is 0.0683. The lowest BCUT2D eigenvalue weighted by molar-refractivity contribution is 0.0690. The summed E-state index contributed by atoms with van der Waals surface area (Å²) in [5, 5.41) is 8.84. The number of aromatic nitrogens is 2. The summed E-state index contributed by atoms with van der Waals surface area (Å²) in [6.07, 6.45) is 0. The number of H-pyrrole nitrogens is 1. The third-order valence-corrected chi connectivity index (χ3v) is 2.38. The van der Waals surface area contributed by atoms with Crippen LogP contribution >= 0.6 is 0 Å². The standard InChI is InChI=1S/C12H9FN2O4/c1-19-9-3-2-6(13)4-7(9)11-14-8(12(17)18)5-10(16)15-11/h2-5H,1H3,(H,17,18)(H,14,15,16). The first kappa shape index (κ1) is 12.7. The van der Waals surface area contributed by atoms with Crippen molar-refractivity contribution in [1.82, 2.24) is 9.97 Å². The average Bonchev–Trinajstić information content (AvgIpc) is 2.37. The highest BCUT2D eigenvalue weighted by molar-refractivity contribution is 5.85. The van der Waals surface area contributed by atoms with Crippen molar-refractivity contribution in [3.63, 3.8) is 0 Å². The van der Waals surface area contributed by atoms with Crippen molar-refractivity contribution in [2.45, 2.75) is 0 Å². The van der Waals surface area contributed by atoms with Gasteiger partial charge in [0, 0.05) is 6.07 Å². The smallest absolute Gasteiger partial charge is 0.354 e. The van der Waals surface area contributed by atoms with E-state index in [-0.39, 0.29) is 17.1 Å². The maximum atomic E-state index is 13.2. The third-order valence-electron chi connectivity index (χ3n) is 2.38. The van der Waals surface area contributed by atoms with E-state index in [0.717, 1.165) is 12.1 Å². The van der Waals surface area contributed by atoms with Crippen LogP contribution in [0.2, 0.25) is 0 Å². The van der Waals surface area contributed by atoms with Gasteiger partial charge in [0.15, 0.2) is 5.69 Å². The SMILES string of the molecule is COc1ccc(F)cc1-c1nc(C(=O)O)cc(=O)[nH]1. The van der Waals surface area contributed by atoms with E-state index < -0.39 is 23.0 Å². The first-order valence-corrected chi connectivity index (χ1v) is 5.20. The number of benzene rings is 1. The summed E-state index contributed by atoms with van der Waals surface area (Å²) in [4.78, 5) is 28.3. The Morgan fingerprint density at radius 2 is 2.16 bits per heavy atom. The Labute approximate surface area is 106 Å². The number of nitrogens with zero attached hydrogens (tertiary/aromatic N) is 1. The number of aromatic amines is 1. The van der Waals surface area contributed by atoms with Crippen molar-refractivity contribution >= 4 is 5.97 Å². The number of hydrogen-bond donors (Lipinski definition) is 2. The molecule has 0 aliphatic carbocycles. The second kappa shape index (κ2) is 4.89. The lowest BCUT2D eigenvalue weighted by Gasteiger charge is -2.08. The molecule has 1 heterocycles. The van der Waals surface area contributed by atoms with Gasteiger partial charge in [-0.1, -0.05) is 0 Å². The molecule has 0 radical (unpaired) electrons. The second-order valence-electron chi connectivity index (χ2n) is 3.63. The molecule has 0 aliphatic heterocycles. The van der Waals surface area contributed by atoms with Crippen LogP contribution in [-0.2, 0) is 0 Å². The van der Waals surface area contributed by atoms with Gasteiger partial charge in [0.25, 0.3) is 5.56 Å². The van der Waals surface area contributed by atoms with Crippen molar-refractivity contribution < 1.29 is 19.0 Å². The molecule has 2 N–H and O–H groups in total. The zero-order valence-electron chi connectivity index (χ0n) is 9.81. The van der Waals surface area contributed by atoms with Crippen LogP contribution in [0.1, 0.15) is 10.5 Å². The van der Waals surface area contributed by atoms with E-state index in [1.165, 1.54) is 19.2 Å². The molecule has 0 unspecified atom stereocenters. The maximum absolute atomic E-state index is 13.2. The summed E-state index contributed by atoms with van der Waals surface area (Å²) in [5.41, 5.74) is -0.901. The summed E-state index contributed by atoms with van der Waals surface area (Å²) in [6.45, 7) is 0. The van der Waals surface area contributed by atoms with E-state index in [1.807, 2.05) is 0 Å². The Hall–Kier alpha value is -2.70. The number of methoxy groups -OCH3 is 1. The van der Waals surface area contributed by atoms with Crippen molar-refractivity contribution in [3.8, 4) is 17.1 Å². The number of carboxylic acids is 1. The predicted molar refractivity (Wildman–Crippen MR) is 63.8 cm³/mol. The van der Waals surface area contributed by atoms with Gasteiger partial charge in [-0.3, -0.25) is 4.79 Å². The number of aromatic carboxylic acids is 1. The molecule has 2 rings (SSSR count). The number of halogens is 1. The fourth-order valence-corrected chi connectivity index (χ4v) is 1.56. The Morgan fingerprint density at radius 3 is 2.79 bits per heavy atom. The number of ether oxygens (including phenoxy) is 1. The molecule has 1 aromatic heterocycles. The zero-order valence-corrected chi connectivity index (χ0v) is 9.81. The number of rotatable bonds is 3. The van der Waals surface area contributed by atoms with Crippen molar-refractivity contribution in [2.24, 2.45) is 0 Å². The van der Waals surface area contributed by atoms with Gasteiger partial charge in [-0.2, -0.15) is 0 Å². The van der Waals surface area contributed by atoms with E-state index in [1.54, 1.807) is 0 Å². The summed E-state index contributed by atoms with van der Waals surface area (Å²) >= 11 is 0. The summed E-state index contributed by atoms with van der Waals surface area (Å²) in [7, 11) is 1.37. The Morgan fingerprint density at radius 1 is 1.42 bits per heavy atom. The van der Waals surface area contributed by atoms with E-state index >= 15 is 0 Å². The van der Waals surface area contributed by atoms with Crippen LogP contribution in [0.5, 0.6) is 5.75 Å². The lowest BCUT2D eigenvalue weighted by Crippen LogP contribution is -2.14. The highest BCUT2D eigenvalue weighted by Gasteiger charge is 2.13. The van der Waals surface area contributed by atoms with Crippen LogP contribution in [0.25, 0.3) is 11.4 Å². The minimum Gasteiger partial charge on any atom is -0.496 e. The van der Waals surface area contributed by atoms with Crippen molar-refractivity contribution in [3.05, 3.63) is 46.1 Å². The summed E-state index contributed by atoms with van der Waals surface area (Å²) in [6, 6.07) is 4.49. The summed E-state index contributed by atoms with van der Waals surface area (Å²) in [5.74, 6) is -1.70. The molecule has 6 nitrogen and oxygen atoms in total. The highest BCUT2D eigenvalue weighted by atomic mass is 19.1. The van der Waals surface area contributed by atoms with Gasteiger partial charge in [-0.15, -0.1) is 0 Å². The van der Waals surface area contributed by atoms with Gasteiger partial charge in [-0.05, 0) is 18.2 Å². The normalized spacial score (nSPS) is 10.2. The van der Waals surface area contributed by atoms with Crippen LogP contribution in [0, 0.1) is 5.82 Å². The molecule has 0 amide bonds.